The summed E-state index contributed by atoms with van der Waals surface area (Å²) in [5.74, 6) is 0.407. The predicted molar refractivity (Wildman–Crippen MR) is 84.9 cm³/mol. The summed E-state index contributed by atoms with van der Waals surface area (Å²) in [6.45, 7) is 0. The normalized spacial score (nSPS) is 11.5. The second kappa shape index (κ2) is 5.51. The van der Waals surface area contributed by atoms with Crippen LogP contribution in [0.25, 0.3) is 10.9 Å². The fourth-order valence-corrected chi connectivity index (χ4v) is 3.46. The molecule has 0 bridgehead atoms. The molecule has 0 radical (unpaired) electrons. The van der Waals surface area contributed by atoms with Gasteiger partial charge < -0.3 is 9.72 Å². The molecule has 0 aliphatic rings. The minimum Gasteiger partial charge on any atom is -0.481 e. The highest BCUT2D eigenvalue weighted by molar-refractivity contribution is 7.93. The van der Waals surface area contributed by atoms with E-state index in [-0.39, 0.29) is 4.90 Å². The number of hydrogen-bond donors (Lipinski definition) is 2. The van der Waals surface area contributed by atoms with Crippen molar-refractivity contribution < 1.29 is 13.2 Å². The van der Waals surface area contributed by atoms with Gasteiger partial charge in [-0.15, -0.1) is 0 Å². The van der Waals surface area contributed by atoms with E-state index in [0.29, 0.717) is 27.5 Å². The molecule has 2 N–H and O–H groups in total. The van der Waals surface area contributed by atoms with Crippen LogP contribution in [0.3, 0.4) is 0 Å². The van der Waals surface area contributed by atoms with Crippen molar-refractivity contribution in [3.8, 4) is 5.88 Å². The number of H-pyrrole nitrogens is 1. The molecular weight excluding hydrogens is 326 g/mol. The number of nitrogens with one attached hydrogen (secondary N) is 2. The molecule has 0 aliphatic heterocycles. The summed E-state index contributed by atoms with van der Waals surface area (Å²) >= 11 is 5.90. The molecule has 114 valence electrons. The molecule has 22 heavy (non-hydrogen) atoms. The number of fused-ring (bicyclic) bond motifs is 1. The summed E-state index contributed by atoms with van der Waals surface area (Å²) in [7, 11) is -2.24. The summed E-state index contributed by atoms with van der Waals surface area (Å²) in [5, 5.41) is 1.10. The molecule has 3 rings (SSSR count). The highest BCUT2D eigenvalue weighted by atomic mass is 35.5. The molecule has 6 nitrogen and oxygen atoms in total. The lowest BCUT2D eigenvalue weighted by Crippen LogP contribution is -2.12. The number of sulfonamides is 1. The maximum Gasteiger partial charge on any atom is 0.264 e. The van der Waals surface area contributed by atoms with E-state index < -0.39 is 10.0 Å². The smallest absolute Gasteiger partial charge is 0.264 e. The van der Waals surface area contributed by atoms with E-state index in [1.165, 1.54) is 19.5 Å². The van der Waals surface area contributed by atoms with Crippen LogP contribution in [-0.4, -0.2) is 25.5 Å². The van der Waals surface area contributed by atoms with E-state index >= 15 is 0 Å². The largest absolute Gasteiger partial charge is 0.481 e. The van der Waals surface area contributed by atoms with Gasteiger partial charge in [-0.3, -0.25) is 4.72 Å². The Hall–Kier alpha value is -2.25. The Morgan fingerprint density at radius 2 is 2.09 bits per heavy atom. The summed E-state index contributed by atoms with van der Waals surface area (Å²) in [6.07, 6.45) is 2.82. The maximum atomic E-state index is 12.5. The number of pyridine rings is 1. The third-order valence-corrected chi connectivity index (χ3v) is 4.75. The second-order valence-corrected chi connectivity index (χ2v) is 6.62. The molecule has 0 aliphatic carbocycles. The Morgan fingerprint density at radius 1 is 1.27 bits per heavy atom. The van der Waals surface area contributed by atoms with Gasteiger partial charge in [0.2, 0.25) is 5.88 Å². The van der Waals surface area contributed by atoms with Crippen molar-refractivity contribution >= 4 is 38.2 Å². The van der Waals surface area contributed by atoms with Gasteiger partial charge in [-0.25, -0.2) is 13.4 Å². The van der Waals surface area contributed by atoms with Crippen LogP contribution < -0.4 is 9.46 Å². The van der Waals surface area contributed by atoms with Crippen LogP contribution in [0.2, 0.25) is 5.02 Å². The monoisotopic (exact) mass is 337 g/mol. The molecule has 8 heteroatoms. The second-order valence-electron chi connectivity index (χ2n) is 4.54. The van der Waals surface area contributed by atoms with Crippen LogP contribution >= 0.6 is 11.6 Å². The average Bonchev–Trinajstić information content (AvgIpc) is 2.91. The first-order valence-electron chi connectivity index (χ1n) is 6.29. The van der Waals surface area contributed by atoms with Gasteiger partial charge in [0.15, 0.2) is 0 Å². The van der Waals surface area contributed by atoms with Crippen LogP contribution in [0.15, 0.2) is 47.6 Å². The van der Waals surface area contributed by atoms with Gasteiger partial charge in [0.05, 0.1) is 19.0 Å². The van der Waals surface area contributed by atoms with Gasteiger partial charge in [-0.1, -0.05) is 11.6 Å². The van der Waals surface area contributed by atoms with Crippen LogP contribution in [-0.2, 0) is 10.0 Å². The van der Waals surface area contributed by atoms with E-state index in [1.54, 1.807) is 30.3 Å². The van der Waals surface area contributed by atoms with Crippen LogP contribution in [0.5, 0.6) is 5.88 Å². The summed E-state index contributed by atoms with van der Waals surface area (Å²) in [5.41, 5.74) is 1.00. The number of benzene rings is 1. The molecule has 0 amide bonds. The Labute approximate surface area is 132 Å². The van der Waals surface area contributed by atoms with Gasteiger partial charge in [0.25, 0.3) is 10.0 Å². The number of hydrogen-bond acceptors (Lipinski definition) is 4. The van der Waals surface area contributed by atoms with Crippen LogP contribution in [0.1, 0.15) is 0 Å². The summed E-state index contributed by atoms with van der Waals surface area (Å²) < 4.78 is 32.4. The molecule has 2 aromatic heterocycles. The molecule has 2 heterocycles. The topological polar surface area (TPSA) is 84.1 Å². The van der Waals surface area contributed by atoms with Gasteiger partial charge in [-0.2, -0.15) is 0 Å². The molecular formula is C14H12ClN3O3S. The Balaban J connectivity index is 1.97. The van der Waals surface area contributed by atoms with E-state index in [1.807, 2.05) is 0 Å². The lowest BCUT2D eigenvalue weighted by atomic mass is 10.2. The van der Waals surface area contributed by atoms with Gasteiger partial charge >= 0.3 is 0 Å². The average molecular weight is 338 g/mol. The van der Waals surface area contributed by atoms with E-state index in [4.69, 9.17) is 16.3 Å². The minimum atomic E-state index is -3.73. The summed E-state index contributed by atoms with van der Waals surface area (Å²) in [6, 6.07) is 8.13. The molecule has 0 atom stereocenters. The van der Waals surface area contributed by atoms with Crippen LogP contribution in [0, 0.1) is 0 Å². The SMILES string of the molecule is COc1ccc(NS(=O)(=O)c2c[nH]c3cc(Cl)ccc23)cn1. The molecule has 0 saturated heterocycles. The number of ether oxygens (including phenoxy) is 1. The van der Waals surface area contributed by atoms with Crippen molar-refractivity contribution in [3.05, 3.63) is 47.7 Å². The highest BCUT2D eigenvalue weighted by Crippen LogP contribution is 2.27. The highest BCUT2D eigenvalue weighted by Gasteiger charge is 2.19. The van der Waals surface area contributed by atoms with E-state index in [2.05, 4.69) is 14.7 Å². The van der Waals surface area contributed by atoms with Crippen molar-refractivity contribution in [2.24, 2.45) is 0 Å². The number of methoxy groups -OCH3 is 1. The number of halogens is 1. The number of rotatable bonds is 4. The fourth-order valence-electron chi connectivity index (χ4n) is 2.07. The lowest BCUT2D eigenvalue weighted by molar-refractivity contribution is 0.398. The molecule has 0 spiro atoms. The van der Waals surface area contributed by atoms with Crippen molar-refractivity contribution in [1.29, 1.82) is 0 Å². The third-order valence-electron chi connectivity index (χ3n) is 3.09. The first kappa shape index (κ1) is 14.7. The van der Waals surface area contributed by atoms with Crippen molar-refractivity contribution in [1.82, 2.24) is 9.97 Å². The van der Waals surface area contributed by atoms with Crippen molar-refractivity contribution in [2.75, 3.05) is 11.8 Å². The van der Waals surface area contributed by atoms with Crippen molar-refractivity contribution in [3.63, 3.8) is 0 Å². The number of aromatic amines is 1. The van der Waals surface area contributed by atoms with Gasteiger partial charge in [0.1, 0.15) is 4.90 Å². The Bertz CT molecular complexity index is 920. The summed E-state index contributed by atoms with van der Waals surface area (Å²) in [4.78, 5) is 7.01. The Morgan fingerprint density at radius 3 is 2.77 bits per heavy atom. The maximum absolute atomic E-state index is 12.5. The molecule has 1 aromatic carbocycles. The van der Waals surface area contributed by atoms with E-state index in [9.17, 15) is 8.42 Å². The first-order valence-corrected chi connectivity index (χ1v) is 8.15. The third kappa shape index (κ3) is 2.72. The van der Waals surface area contributed by atoms with Gasteiger partial charge in [-0.05, 0) is 24.3 Å². The number of anilines is 1. The Kier molecular flexibility index (Phi) is 3.67. The van der Waals surface area contributed by atoms with E-state index in [0.717, 1.165) is 0 Å². The fraction of sp³-hybridized carbons (Fsp3) is 0.0714. The zero-order chi connectivity index (χ0) is 15.7. The van der Waals surface area contributed by atoms with Crippen LogP contribution in [0.4, 0.5) is 5.69 Å². The quantitative estimate of drug-likeness (QED) is 0.766. The lowest BCUT2D eigenvalue weighted by Gasteiger charge is -2.07. The molecule has 0 saturated carbocycles. The number of nitrogens with zero attached hydrogens (tertiary/aromatic N) is 1. The van der Waals surface area contributed by atoms with Gasteiger partial charge in [0, 0.05) is 28.2 Å². The molecule has 0 unspecified atom stereocenters. The minimum absolute atomic E-state index is 0.148. The zero-order valence-corrected chi connectivity index (χ0v) is 13.1. The standard InChI is InChI=1S/C14H12ClN3O3S/c1-21-14-5-3-10(7-17-14)18-22(19,20)13-8-16-12-6-9(15)2-4-11(12)13/h2-8,16,18H,1H3. The zero-order valence-electron chi connectivity index (χ0n) is 11.5. The van der Waals surface area contributed by atoms with Crippen molar-refractivity contribution in [2.45, 2.75) is 4.90 Å². The first-order chi connectivity index (χ1) is 10.5. The predicted octanol–water partition coefficient (Wildman–Crippen LogP) is 3.03. The molecule has 0 fully saturated rings. The molecule has 3 aromatic rings. The number of aromatic nitrogens is 2.